The fourth-order valence-electron chi connectivity index (χ4n) is 3.68. The second-order valence-corrected chi connectivity index (χ2v) is 6.00. The molecule has 24 heavy (non-hydrogen) atoms. The van der Waals surface area contributed by atoms with E-state index in [0.29, 0.717) is 6.61 Å². The van der Waals surface area contributed by atoms with Gasteiger partial charge in [0.1, 0.15) is 0 Å². The monoisotopic (exact) mass is 316 g/mol. The summed E-state index contributed by atoms with van der Waals surface area (Å²) in [6.45, 7) is 4.92. The van der Waals surface area contributed by atoms with Gasteiger partial charge < -0.3 is 4.74 Å². The molecule has 0 aliphatic carbocycles. The molecule has 3 aromatic carbocycles. The molecule has 1 unspecified atom stereocenters. The lowest BCUT2D eigenvalue weighted by molar-refractivity contribution is 0.0417. The maximum Gasteiger partial charge on any atom is 0.0724 e. The Labute approximate surface area is 144 Å². The maximum atomic E-state index is 6.17. The molecule has 0 aliphatic rings. The smallest absolute Gasteiger partial charge is 0.0724 e. The number of ether oxygens (including phenoxy) is 1. The quantitative estimate of drug-likeness (QED) is 0.550. The highest BCUT2D eigenvalue weighted by molar-refractivity contribution is 5.51. The minimum Gasteiger partial charge on any atom is -0.377 e. The van der Waals surface area contributed by atoms with Crippen LogP contribution >= 0.6 is 0 Å². The van der Waals surface area contributed by atoms with Crippen molar-refractivity contribution in [1.82, 2.24) is 0 Å². The minimum atomic E-state index is -0.334. The Bertz CT molecular complexity index is 638. The molecule has 0 radical (unpaired) electrons. The van der Waals surface area contributed by atoms with Gasteiger partial charge in [-0.1, -0.05) is 91.0 Å². The first-order chi connectivity index (χ1) is 11.8. The molecule has 3 aromatic rings. The third-order valence-electron chi connectivity index (χ3n) is 4.71. The third kappa shape index (κ3) is 2.88. The van der Waals surface area contributed by atoms with Gasteiger partial charge in [0.15, 0.2) is 0 Å². The predicted octanol–water partition coefficient (Wildman–Crippen LogP) is 5.45. The zero-order valence-electron chi connectivity index (χ0n) is 14.4. The van der Waals surface area contributed by atoms with Gasteiger partial charge in [-0.2, -0.15) is 0 Å². The standard InChI is InChI=1S/C23H24O/c1-3-24-19(2)23(20-13-7-4-8-14-20,21-15-9-5-10-16-21)22-17-11-6-12-18-22/h4-19H,3H2,1-2H3. The van der Waals surface area contributed by atoms with Crippen LogP contribution in [0.15, 0.2) is 91.0 Å². The average Bonchev–Trinajstić information content (AvgIpc) is 2.65. The summed E-state index contributed by atoms with van der Waals surface area (Å²) in [5, 5.41) is 0. The lowest BCUT2D eigenvalue weighted by Gasteiger charge is -2.40. The molecule has 0 amide bonds. The molecule has 0 heterocycles. The summed E-state index contributed by atoms with van der Waals surface area (Å²) in [7, 11) is 0. The molecule has 0 saturated carbocycles. The summed E-state index contributed by atoms with van der Waals surface area (Å²) < 4.78 is 6.17. The molecule has 0 spiro atoms. The molecule has 0 fully saturated rings. The van der Waals surface area contributed by atoms with Gasteiger partial charge in [0.2, 0.25) is 0 Å². The molecule has 122 valence electrons. The van der Waals surface area contributed by atoms with Gasteiger partial charge in [0.05, 0.1) is 11.5 Å². The van der Waals surface area contributed by atoms with Gasteiger partial charge in [-0.05, 0) is 30.5 Å². The zero-order valence-corrected chi connectivity index (χ0v) is 14.4. The first-order valence-corrected chi connectivity index (χ1v) is 8.58. The molecule has 0 aromatic heterocycles. The van der Waals surface area contributed by atoms with E-state index in [1.165, 1.54) is 16.7 Å². The first-order valence-electron chi connectivity index (χ1n) is 8.58. The van der Waals surface area contributed by atoms with Gasteiger partial charge in [0.25, 0.3) is 0 Å². The van der Waals surface area contributed by atoms with Crippen molar-refractivity contribution >= 4 is 0 Å². The lowest BCUT2D eigenvalue weighted by atomic mass is 9.66. The van der Waals surface area contributed by atoms with E-state index >= 15 is 0 Å². The molecule has 0 aliphatic heterocycles. The Morgan fingerprint density at radius 1 is 0.667 bits per heavy atom. The van der Waals surface area contributed by atoms with E-state index in [2.05, 4.69) is 105 Å². The highest BCUT2D eigenvalue weighted by Crippen LogP contribution is 2.43. The van der Waals surface area contributed by atoms with Crippen LogP contribution in [0.5, 0.6) is 0 Å². The SMILES string of the molecule is CCOC(C)C(c1ccccc1)(c1ccccc1)c1ccccc1. The van der Waals surface area contributed by atoms with Crippen molar-refractivity contribution in [2.24, 2.45) is 0 Å². The Hall–Kier alpha value is -2.38. The van der Waals surface area contributed by atoms with Crippen LogP contribution in [0, 0.1) is 0 Å². The molecular weight excluding hydrogens is 292 g/mol. The van der Waals surface area contributed by atoms with E-state index in [-0.39, 0.29) is 11.5 Å². The molecule has 1 atom stereocenters. The second kappa shape index (κ2) is 7.46. The van der Waals surface area contributed by atoms with Crippen LogP contribution in [0.1, 0.15) is 30.5 Å². The van der Waals surface area contributed by atoms with E-state index in [0.717, 1.165) is 0 Å². The predicted molar refractivity (Wildman–Crippen MR) is 100 cm³/mol. The van der Waals surface area contributed by atoms with E-state index in [4.69, 9.17) is 4.74 Å². The van der Waals surface area contributed by atoms with E-state index in [1.54, 1.807) is 0 Å². The molecule has 0 saturated heterocycles. The lowest BCUT2D eigenvalue weighted by Crippen LogP contribution is -2.42. The van der Waals surface area contributed by atoms with E-state index in [1.807, 2.05) is 0 Å². The van der Waals surface area contributed by atoms with Gasteiger partial charge in [0, 0.05) is 6.61 Å². The summed E-state index contributed by atoms with van der Waals surface area (Å²) in [4.78, 5) is 0. The minimum absolute atomic E-state index is 0.00898. The summed E-state index contributed by atoms with van der Waals surface area (Å²) >= 11 is 0. The van der Waals surface area contributed by atoms with Gasteiger partial charge in [-0.25, -0.2) is 0 Å². The first kappa shape index (κ1) is 16.5. The van der Waals surface area contributed by atoms with Crippen molar-refractivity contribution in [3.05, 3.63) is 108 Å². The van der Waals surface area contributed by atoms with Crippen LogP contribution in [0.3, 0.4) is 0 Å². The van der Waals surface area contributed by atoms with Crippen LogP contribution in [0.25, 0.3) is 0 Å². The Morgan fingerprint density at radius 2 is 1.00 bits per heavy atom. The van der Waals surface area contributed by atoms with Crippen LogP contribution in [-0.2, 0) is 10.2 Å². The zero-order chi connectivity index (χ0) is 16.8. The normalized spacial score (nSPS) is 12.8. The highest BCUT2D eigenvalue weighted by atomic mass is 16.5. The van der Waals surface area contributed by atoms with Crippen molar-refractivity contribution in [3.63, 3.8) is 0 Å². The molecule has 3 rings (SSSR count). The average molecular weight is 316 g/mol. The number of rotatable bonds is 6. The third-order valence-corrected chi connectivity index (χ3v) is 4.71. The summed E-state index contributed by atoms with van der Waals surface area (Å²) in [5.41, 5.74) is 3.43. The van der Waals surface area contributed by atoms with Crippen LogP contribution in [0.2, 0.25) is 0 Å². The summed E-state index contributed by atoms with van der Waals surface area (Å²) in [6, 6.07) is 32.1. The molecular formula is C23H24O. The highest BCUT2D eigenvalue weighted by Gasteiger charge is 2.42. The molecule has 0 N–H and O–H groups in total. The summed E-state index contributed by atoms with van der Waals surface area (Å²) in [6.07, 6.45) is 0.00898. The topological polar surface area (TPSA) is 9.23 Å². The van der Waals surface area contributed by atoms with Crippen molar-refractivity contribution in [3.8, 4) is 0 Å². The Morgan fingerprint density at radius 3 is 1.29 bits per heavy atom. The van der Waals surface area contributed by atoms with Crippen molar-refractivity contribution < 1.29 is 4.74 Å². The number of benzene rings is 3. The van der Waals surface area contributed by atoms with Gasteiger partial charge in [-0.15, -0.1) is 0 Å². The van der Waals surface area contributed by atoms with Gasteiger partial charge >= 0.3 is 0 Å². The van der Waals surface area contributed by atoms with Crippen molar-refractivity contribution in [1.29, 1.82) is 0 Å². The number of hydrogen-bond donors (Lipinski definition) is 0. The van der Waals surface area contributed by atoms with Crippen molar-refractivity contribution in [2.75, 3.05) is 6.61 Å². The Balaban J connectivity index is 2.33. The van der Waals surface area contributed by atoms with Crippen LogP contribution in [0.4, 0.5) is 0 Å². The number of hydrogen-bond acceptors (Lipinski definition) is 1. The van der Waals surface area contributed by atoms with Crippen LogP contribution in [-0.4, -0.2) is 12.7 Å². The summed E-state index contributed by atoms with van der Waals surface area (Å²) in [5.74, 6) is 0. The largest absolute Gasteiger partial charge is 0.377 e. The fraction of sp³-hybridized carbons (Fsp3) is 0.217. The molecule has 1 heteroatoms. The van der Waals surface area contributed by atoms with Crippen molar-refractivity contribution in [2.45, 2.75) is 25.4 Å². The maximum absolute atomic E-state index is 6.17. The fourth-order valence-corrected chi connectivity index (χ4v) is 3.68. The van der Waals surface area contributed by atoms with Gasteiger partial charge in [-0.3, -0.25) is 0 Å². The molecule has 1 nitrogen and oxygen atoms in total. The molecule has 0 bridgehead atoms. The Kier molecular flexibility index (Phi) is 5.12. The second-order valence-electron chi connectivity index (χ2n) is 6.00. The van der Waals surface area contributed by atoms with Crippen LogP contribution < -0.4 is 0 Å². The van der Waals surface area contributed by atoms with E-state index in [9.17, 15) is 0 Å². The van der Waals surface area contributed by atoms with E-state index < -0.39 is 0 Å².